The second-order valence-electron chi connectivity index (χ2n) is 4.43. The first-order valence-electron chi connectivity index (χ1n) is 7.04. The molecule has 0 radical (unpaired) electrons. The molecule has 2 rings (SSSR count). The Morgan fingerprint density at radius 1 is 0.900 bits per heavy atom. The van der Waals surface area contributed by atoms with Crippen LogP contribution in [-0.4, -0.2) is 0 Å². The summed E-state index contributed by atoms with van der Waals surface area (Å²) in [5.41, 5.74) is 0. The van der Waals surface area contributed by atoms with Gasteiger partial charge in [0.2, 0.25) is 0 Å². The molecule has 102 valence electrons. The molecule has 0 unspecified atom stereocenters. The zero-order valence-electron chi connectivity index (χ0n) is 12.1. The summed E-state index contributed by atoms with van der Waals surface area (Å²) in [5, 5.41) is 0. The van der Waals surface area contributed by atoms with Crippen molar-refractivity contribution < 1.29 is 0 Å². The Bertz CT molecular complexity index is 528. The Hall–Kier alpha value is -1.73. The smallest absolute Gasteiger partial charge is 0.0798 e. The highest BCUT2D eigenvalue weighted by Gasteiger charge is 2.28. The van der Waals surface area contributed by atoms with Crippen LogP contribution in [0, 0.1) is 0 Å². The molecule has 0 saturated carbocycles. The van der Waals surface area contributed by atoms with Crippen molar-refractivity contribution in [2.45, 2.75) is 30.1 Å². The highest BCUT2D eigenvalue weighted by atomic mass is 32.2. The van der Waals surface area contributed by atoms with Gasteiger partial charge in [0.1, 0.15) is 0 Å². The first-order chi connectivity index (χ1) is 9.86. The van der Waals surface area contributed by atoms with Gasteiger partial charge < -0.3 is 0 Å². The van der Waals surface area contributed by atoms with Crippen molar-refractivity contribution in [2.24, 2.45) is 0 Å². The molecule has 0 aliphatic rings. The monoisotopic (exact) mass is 281 g/mol. The van der Waals surface area contributed by atoms with Crippen LogP contribution in [0.2, 0.25) is 0 Å². The highest BCUT2D eigenvalue weighted by Crippen LogP contribution is 2.30. The molecule has 0 bridgehead atoms. The van der Waals surface area contributed by atoms with Gasteiger partial charge >= 0.3 is 0 Å². The molecule has 0 aromatic heterocycles. The lowest BCUT2D eigenvalue weighted by Crippen LogP contribution is -2.05. The first kappa shape index (κ1) is 14.7. The minimum Gasteiger partial charge on any atom is -0.0798 e. The Kier molecular flexibility index (Phi) is 5.69. The number of rotatable bonds is 5. The molecule has 20 heavy (non-hydrogen) atoms. The zero-order valence-corrected chi connectivity index (χ0v) is 12.9. The highest BCUT2D eigenvalue weighted by molar-refractivity contribution is 8.00. The fourth-order valence-electron chi connectivity index (χ4n) is 2.04. The normalized spacial score (nSPS) is 12.2. The van der Waals surface area contributed by atoms with Gasteiger partial charge in [0.15, 0.2) is 14.7 Å². The first-order valence-corrected chi connectivity index (χ1v) is 8.26. The topological polar surface area (TPSA) is 0 Å². The maximum Gasteiger partial charge on any atom is 0.166 e. The van der Waals surface area contributed by atoms with Crippen LogP contribution in [-0.2, 0) is 10.9 Å². The average molecular weight is 281 g/mol. The molecule has 0 atom stereocenters. The quantitative estimate of drug-likeness (QED) is 0.495. The maximum atomic E-state index is 2.27. The number of benzene rings is 2. The summed E-state index contributed by atoms with van der Waals surface area (Å²) in [5.74, 6) is 0. The van der Waals surface area contributed by atoms with E-state index in [0.717, 1.165) is 6.42 Å². The van der Waals surface area contributed by atoms with Crippen molar-refractivity contribution in [3.8, 4) is 0 Å². The van der Waals surface area contributed by atoms with Crippen LogP contribution in [0.25, 0.3) is 0 Å². The van der Waals surface area contributed by atoms with E-state index in [1.165, 1.54) is 14.7 Å². The van der Waals surface area contributed by atoms with Gasteiger partial charge in [0, 0.05) is 0 Å². The van der Waals surface area contributed by atoms with Crippen LogP contribution in [0.1, 0.15) is 20.3 Å². The van der Waals surface area contributed by atoms with Crippen LogP contribution in [0.5, 0.6) is 0 Å². The summed E-state index contributed by atoms with van der Waals surface area (Å²) in [7, 11) is -0.0162. The summed E-state index contributed by atoms with van der Waals surface area (Å²) in [6, 6.07) is 21.5. The van der Waals surface area contributed by atoms with Crippen molar-refractivity contribution in [1.29, 1.82) is 0 Å². The molecule has 0 nitrogen and oxygen atoms in total. The largest absolute Gasteiger partial charge is 0.166 e. The van der Waals surface area contributed by atoms with Gasteiger partial charge in [-0.3, -0.25) is 0 Å². The molecule has 0 aliphatic carbocycles. The lowest BCUT2D eigenvalue weighted by Gasteiger charge is -2.08. The molecular weight excluding hydrogens is 260 g/mol. The summed E-state index contributed by atoms with van der Waals surface area (Å²) in [6.45, 7) is 4.30. The van der Waals surface area contributed by atoms with Gasteiger partial charge in [-0.1, -0.05) is 49.4 Å². The molecule has 0 aliphatic heterocycles. The molecule has 1 heteroatoms. The van der Waals surface area contributed by atoms with E-state index in [0.29, 0.717) is 0 Å². The third kappa shape index (κ3) is 3.64. The van der Waals surface area contributed by atoms with E-state index >= 15 is 0 Å². The fourth-order valence-corrected chi connectivity index (χ4v) is 4.18. The minimum atomic E-state index is -0.0162. The lowest BCUT2D eigenvalue weighted by molar-refractivity contribution is 1.22. The summed E-state index contributed by atoms with van der Waals surface area (Å²) >= 11 is 0. The summed E-state index contributed by atoms with van der Waals surface area (Å²) in [4.78, 5) is 4.12. The van der Waals surface area contributed by atoms with E-state index in [1.807, 2.05) is 0 Å². The van der Waals surface area contributed by atoms with Crippen LogP contribution in [0.3, 0.4) is 0 Å². The third-order valence-electron chi connectivity index (χ3n) is 3.00. The van der Waals surface area contributed by atoms with Crippen molar-refractivity contribution in [3.63, 3.8) is 0 Å². The predicted molar refractivity (Wildman–Crippen MR) is 90.0 cm³/mol. The zero-order chi connectivity index (χ0) is 14.2. The van der Waals surface area contributed by atoms with Gasteiger partial charge in [-0.2, -0.15) is 0 Å². The number of hydrogen-bond acceptors (Lipinski definition) is 0. The average Bonchev–Trinajstić information content (AvgIpc) is 2.53. The van der Waals surface area contributed by atoms with E-state index in [9.17, 15) is 0 Å². The van der Waals surface area contributed by atoms with E-state index in [2.05, 4.69) is 92.7 Å². The lowest BCUT2D eigenvalue weighted by atomic mass is 10.4. The van der Waals surface area contributed by atoms with Crippen LogP contribution in [0.15, 0.2) is 93.6 Å². The Morgan fingerprint density at radius 3 is 1.80 bits per heavy atom. The van der Waals surface area contributed by atoms with Crippen molar-refractivity contribution in [2.75, 3.05) is 0 Å². The van der Waals surface area contributed by atoms with Crippen LogP contribution < -0.4 is 0 Å². The fraction of sp³-hybridized carbons (Fsp3) is 0.158. The minimum absolute atomic E-state index is 0.0162. The molecule has 0 N–H and O–H groups in total. The van der Waals surface area contributed by atoms with Gasteiger partial charge in [0.25, 0.3) is 0 Å². The molecule has 0 amide bonds. The Labute approximate surface area is 125 Å². The standard InChI is InChI=1S/C19H21S/c1-3-5-12-17(4-2)20(18-13-8-6-9-14-18)19-15-10-7-11-16-19/h4-16H,3H2,1-2H3/q+1/b12-5-,17-4+. The van der Waals surface area contributed by atoms with Gasteiger partial charge in [-0.05, 0) is 49.8 Å². The third-order valence-corrected chi connectivity index (χ3v) is 5.33. The summed E-state index contributed by atoms with van der Waals surface area (Å²) < 4.78 is 0. The maximum absolute atomic E-state index is 2.27. The second-order valence-corrected chi connectivity index (χ2v) is 6.46. The molecule has 0 heterocycles. The number of hydrogen-bond donors (Lipinski definition) is 0. The van der Waals surface area contributed by atoms with Crippen LogP contribution >= 0.6 is 0 Å². The van der Waals surface area contributed by atoms with E-state index in [1.54, 1.807) is 0 Å². The van der Waals surface area contributed by atoms with Crippen molar-refractivity contribution >= 4 is 10.9 Å². The van der Waals surface area contributed by atoms with Gasteiger partial charge in [0.05, 0.1) is 10.9 Å². The van der Waals surface area contributed by atoms with Crippen molar-refractivity contribution in [1.82, 2.24) is 0 Å². The SMILES string of the molecule is C/C=C(\C=C/CC)[S+](c1ccccc1)c1ccccc1. The van der Waals surface area contributed by atoms with Crippen molar-refractivity contribution in [3.05, 3.63) is 83.8 Å². The Balaban J connectivity index is 2.47. The molecule has 0 fully saturated rings. The van der Waals surface area contributed by atoms with E-state index in [4.69, 9.17) is 0 Å². The number of allylic oxidation sites excluding steroid dienone is 3. The predicted octanol–water partition coefficient (Wildman–Crippen LogP) is 5.59. The molecular formula is C19H21S+. The summed E-state index contributed by atoms with van der Waals surface area (Å²) in [6.07, 6.45) is 7.80. The van der Waals surface area contributed by atoms with E-state index < -0.39 is 0 Å². The van der Waals surface area contributed by atoms with E-state index in [-0.39, 0.29) is 10.9 Å². The molecule has 0 spiro atoms. The van der Waals surface area contributed by atoms with Crippen LogP contribution in [0.4, 0.5) is 0 Å². The second kappa shape index (κ2) is 7.76. The molecule has 2 aromatic carbocycles. The van der Waals surface area contributed by atoms with Gasteiger partial charge in [-0.25, -0.2) is 0 Å². The van der Waals surface area contributed by atoms with Gasteiger partial charge in [-0.15, -0.1) is 0 Å². The molecule has 0 saturated heterocycles. The molecule has 2 aromatic rings. The Morgan fingerprint density at radius 2 is 1.40 bits per heavy atom.